The lowest BCUT2D eigenvalue weighted by molar-refractivity contribution is -0.187. The maximum Gasteiger partial charge on any atom is 0.412 e. The van der Waals surface area contributed by atoms with Crippen LogP contribution in [-0.4, -0.2) is 74.7 Å². The number of rotatable bonds is 10. The molecule has 194 valence electrons. The maximum absolute atomic E-state index is 12.5. The van der Waals surface area contributed by atoms with Crippen molar-refractivity contribution in [2.75, 3.05) is 40.8 Å². The molecule has 0 unspecified atom stereocenters. The van der Waals surface area contributed by atoms with E-state index < -0.39 is 24.1 Å². The second kappa shape index (κ2) is 14.0. The van der Waals surface area contributed by atoms with Gasteiger partial charge in [0.2, 0.25) is 0 Å². The number of nitrogens with zero attached hydrogens (tertiary/aromatic N) is 2. The summed E-state index contributed by atoms with van der Waals surface area (Å²) in [6.45, 7) is 3.35. The second-order valence-corrected chi connectivity index (χ2v) is 7.07. The van der Waals surface area contributed by atoms with E-state index in [4.69, 9.17) is 28.7 Å². The molecule has 2 rings (SSSR count). The van der Waals surface area contributed by atoms with E-state index in [2.05, 4.69) is 0 Å². The van der Waals surface area contributed by atoms with Crippen molar-refractivity contribution < 1.29 is 47.9 Å². The standard InChI is InChI=1S/C24H28N2O10/c1-5-31-23(29)25(3)15-33-19-13-9-7-11-17(19)21(27)35-36-22(28)18-12-8-10-14-20(18)34-16-26(4)24(30)32-6-2/h7-14H,5-6,15-16H2,1-4H3. The van der Waals surface area contributed by atoms with E-state index in [1.54, 1.807) is 38.1 Å². The summed E-state index contributed by atoms with van der Waals surface area (Å²) in [5.41, 5.74) is -0.0775. The third-order valence-corrected chi connectivity index (χ3v) is 4.39. The molecule has 0 saturated heterocycles. The fourth-order valence-electron chi connectivity index (χ4n) is 2.59. The zero-order valence-electron chi connectivity index (χ0n) is 20.4. The molecule has 2 aromatic rings. The zero-order chi connectivity index (χ0) is 26.5. The third kappa shape index (κ3) is 8.08. The molecule has 0 saturated carbocycles. The van der Waals surface area contributed by atoms with E-state index in [9.17, 15) is 19.2 Å². The van der Waals surface area contributed by atoms with E-state index in [0.717, 1.165) is 0 Å². The highest BCUT2D eigenvalue weighted by molar-refractivity contribution is 5.95. The van der Waals surface area contributed by atoms with Gasteiger partial charge in [0.15, 0.2) is 13.5 Å². The molecule has 0 bridgehead atoms. The molecule has 0 heterocycles. The van der Waals surface area contributed by atoms with Gasteiger partial charge in [-0.3, -0.25) is 9.80 Å². The molecule has 0 aromatic heterocycles. The van der Waals surface area contributed by atoms with Crippen LogP contribution in [0.4, 0.5) is 9.59 Å². The van der Waals surface area contributed by atoms with Gasteiger partial charge in [-0.1, -0.05) is 24.3 Å². The lowest BCUT2D eigenvalue weighted by Gasteiger charge is -2.18. The maximum atomic E-state index is 12.5. The van der Waals surface area contributed by atoms with Crippen LogP contribution in [0.3, 0.4) is 0 Å². The Labute approximate surface area is 208 Å². The lowest BCUT2D eigenvalue weighted by atomic mass is 10.2. The van der Waals surface area contributed by atoms with Gasteiger partial charge in [-0.2, -0.15) is 0 Å². The molecule has 36 heavy (non-hydrogen) atoms. The van der Waals surface area contributed by atoms with Gasteiger partial charge in [-0.05, 0) is 38.1 Å². The molecule has 0 N–H and O–H groups in total. The Bertz CT molecular complexity index is 975. The summed E-state index contributed by atoms with van der Waals surface area (Å²) in [5.74, 6) is -1.81. The highest BCUT2D eigenvalue weighted by Crippen LogP contribution is 2.22. The quantitative estimate of drug-likeness (QED) is 0.269. The molecular weight excluding hydrogens is 476 g/mol. The normalized spacial score (nSPS) is 10.0. The number of carbonyl (C=O) groups excluding carboxylic acids is 4. The van der Waals surface area contributed by atoms with Crippen molar-refractivity contribution in [2.45, 2.75) is 13.8 Å². The van der Waals surface area contributed by atoms with E-state index >= 15 is 0 Å². The number of amides is 2. The van der Waals surface area contributed by atoms with Crippen molar-refractivity contribution in [3.63, 3.8) is 0 Å². The van der Waals surface area contributed by atoms with Crippen LogP contribution < -0.4 is 9.47 Å². The Hall–Kier alpha value is -4.48. The fraction of sp³-hybridized carbons (Fsp3) is 0.333. The smallest absolute Gasteiger partial charge is 0.412 e. The molecule has 0 fully saturated rings. The van der Waals surface area contributed by atoms with Gasteiger partial charge < -0.3 is 18.9 Å². The Morgan fingerprint density at radius 3 is 1.36 bits per heavy atom. The summed E-state index contributed by atoms with van der Waals surface area (Å²) in [6, 6.07) is 12.1. The number of benzene rings is 2. The van der Waals surface area contributed by atoms with Gasteiger partial charge in [0, 0.05) is 14.1 Å². The number of hydrogen-bond acceptors (Lipinski definition) is 10. The highest BCUT2D eigenvalue weighted by atomic mass is 17.2. The van der Waals surface area contributed by atoms with E-state index in [1.807, 2.05) is 0 Å². The van der Waals surface area contributed by atoms with Crippen molar-refractivity contribution in [1.29, 1.82) is 0 Å². The fourth-order valence-corrected chi connectivity index (χ4v) is 2.59. The molecule has 0 spiro atoms. The molecule has 12 nitrogen and oxygen atoms in total. The Morgan fingerprint density at radius 1 is 0.639 bits per heavy atom. The molecule has 0 aliphatic carbocycles. The van der Waals surface area contributed by atoms with Crippen LogP contribution in [0.15, 0.2) is 48.5 Å². The van der Waals surface area contributed by atoms with Crippen molar-refractivity contribution >= 4 is 24.1 Å². The van der Waals surface area contributed by atoms with Crippen molar-refractivity contribution in [3.8, 4) is 11.5 Å². The molecule has 0 aliphatic heterocycles. The minimum absolute atomic E-state index is 0.0387. The minimum Gasteiger partial charge on any atom is -0.472 e. The largest absolute Gasteiger partial charge is 0.472 e. The monoisotopic (exact) mass is 504 g/mol. The number of para-hydroxylation sites is 2. The summed E-state index contributed by atoms with van der Waals surface area (Å²) < 4.78 is 20.7. The average molecular weight is 504 g/mol. The van der Waals surface area contributed by atoms with Crippen molar-refractivity contribution in [1.82, 2.24) is 9.80 Å². The highest BCUT2D eigenvalue weighted by Gasteiger charge is 2.21. The van der Waals surface area contributed by atoms with Gasteiger partial charge >= 0.3 is 24.1 Å². The zero-order valence-corrected chi connectivity index (χ0v) is 20.4. The number of carbonyl (C=O) groups is 4. The van der Waals surface area contributed by atoms with Crippen molar-refractivity contribution in [2.24, 2.45) is 0 Å². The second-order valence-electron chi connectivity index (χ2n) is 7.07. The third-order valence-electron chi connectivity index (χ3n) is 4.39. The first-order valence-electron chi connectivity index (χ1n) is 10.9. The SMILES string of the molecule is CCOC(=O)N(C)COc1ccccc1C(=O)OOC(=O)c1ccccc1OCN(C)C(=O)OCC. The molecule has 0 aliphatic rings. The van der Waals surface area contributed by atoms with E-state index in [0.29, 0.717) is 0 Å². The Balaban J connectivity index is 2.00. The van der Waals surface area contributed by atoms with Gasteiger partial charge in [-0.25, -0.2) is 29.0 Å². The van der Waals surface area contributed by atoms with Gasteiger partial charge in [0.05, 0.1) is 13.2 Å². The first-order chi connectivity index (χ1) is 17.3. The molecule has 2 amide bonds. The first kappa shape index (κ1) is 27.8. The molecular formula is C24H28N2O10. The first-order valence-corrected chi connectivity index (χ1v) is 10.9. The van der Waals surface area contributed by atoms with Crippen LogP contribution >= 0.6 is 0 Å². The van der Waals surface area contributed by atoms with Crippen LogP contribution in [-0.2, 0) is 19.2 Å². The van der Waals surface area contributed by atoms with E-state index in [1.165, 1.54) is 48.2 Å². The Morgan fingerprint density at radius 2 is 1.00 bits per heavy atom. The number of ether oxygens (including phenoxy) is 4. The van der Waals surface area contributed by atoms with Gasteiger partial charge in [-0.15, -0.1) is 0 Å². The summed E-state index contributed by atoms with van der Waals surface area (Å²) in [7, 11) is 2.93. The summed E-state index contributed by atoms with van der Waals surface area (Å²) in [5, 5.41) is 0. The van der Waals surface area contributed by atoms with Gasteiger partial charge in [0.25, 0.3) is 0 Å². The molecule has 2 aromatic carbocycles. The predicted octanol–water partition coefficient (Wildman–Crippen LogP) is 3.46. The van der Waals surface area contributed by atoms with Crippen LogP contribution in [0.2, 0.25) is 0 Å². The lowest BCUT2D eigenvalue weighted by Crippen LogP contribution is -2.31. The minimum atomic E-state index is -1.00. The Kier molecular flexibility index (Phi) is 10.8. The van der Waals surface area contributed by atoms with Crippen LogP contribution in [0, 0.1) is 0 Å². The van der Waals surface area contributed by atoms with Crippen molar-refractivity contribution in [3.05, 3.63) is 59.7 Å². The number of hydrogen-bond donors (Lipinski definition) is 0. The summed E-state index contributed by atoms with van der Waals surface area (Å²) in [6.07, 6.45) is -1.19. The van der Waals surface area contributed by atoms with Crippen LogP contribution in [0.1, 0.15) is 34.6 Å². The molecule has 0 radical (unpaired) electrons. The van der Waals surface area contributed by atoms with Gasteiger partial charge in [0.1, 0.15) is 22.6 Å². The van der Waals surface area contributed by atoms with E-state index in [-0.39, 0.29) is 49.3 Å². The molecule has 12 heteroatoms. The van der Waals surface area contributed by atoms with Crippen LogP contribution in [0.5, 0.6) is 11.5 Å². The predicted molar refractivity (Wildman–Crippen MR) is 124 cm³/mol. The average Bonchev–Trinajstić information content (AvgIpc) is 2.89. The van der Waals surface area contributed by atoms with Crippen LogP contribution in [0.25, 0.3) is 0 Å². The molecule has 0 atom stereocenters. The summed E-state index contributed by atoms with van der Waals surface area (Å²) in [4.78, 5) is 60.3. The topological polar surface area (TPSA) is 130 Å². The summed E-state index contributed by atoms with van der Waals surface area (Å²) >= 11 is 0.